The number of nitrogens with one attached hydrogen (secondary N) is 1. The first-order chi connectivity index (χ1) is 9.49. The molecule has 0 radical (unpaired) electrons. The van der Waals surface area contributed by atoms with Crippen molar-refractivity contribution >= 4 is 45.6 Å². The molecule has 0 heterocycles. The summed E-state index contributed by atoms with van der Waals surface area (Å²) in [5, 5.41) is 3.24. The normalized spacial score (nSPS) is 11.9. The summed E-state index contributed by atoms with van der Waals surface area (Å²) >= 11 is 11.9. The van der Waals surface area contributed by atoms with E-state index >= 15 is 0 Å². The average Bonchev–Trinajstić information content (AvgIpc) is 2.42. The van der Waals surface area contributed by atoms with Crippen LogP contribution in [0.3, 0.4) is 0 Å². The average molecular weight is 328 g/mol. The van der Waals surface area contributed by atoms with Gasteiger partial charge in [0.25, 0.3) is 5.91 Å². The Morgan fingerprint density at radius 3 is 2.55 bits per heavy atom. The molecule has 6 heteroatoms. The van der Waals surface area contributed by atoms with Gasteiger partial charge in [-0.25, -0.2) is 0 Å². The number of hydrogen-bond acceptors (Lipinski definition) is 2. The topological polar surface area (TPSA) is 46.2 Å². The van der Waals surface area contributed by atoms with Crippen molar-refractivity contribution in [2.45, 2.75) is 4.90 Å². The predicted molar refractivity (Wildman–Crippen MR) is 83.2 cm³/mol. The monoisotopic (exact) mass is 327 g/mol. The van der Waals surface area contributed by atoms with Gasteiger partial charge in [-0.15, -0.1) is 0 Å². The summed E-state index contributed by atoms with van der Waals surface area (Å²) in [5.41, 5.74) is 0.848. The number of carbonyl (C=O) groups is 1. The SMILES string of the molecule is CS(=O)c1cccc(NC(=O)c2cccc(Cl)c2Cl)c1. The van der Waals surface area contributed by atoms with Crippen molar-refractivity contribution in [1.82, 2.24) is 0 Å². The number of carbonyl (C=O) groups excluding carboxylic acids is 1. The fourth-order valence-corrected chi connectivity index (χ4v) is 2.58. The molecule has 0 aliphatic rings. The molecule has 0 aromatic heterocycles. The van der Waals surface area contributed by atoms with E-state index in [0.29, 0.717) is 21.2 Å². The predicted octanol–water partition coefficient (Wildman–Crippen LogP) is 3.98. The van der Waals surface area contributed by atoms with E-state index in [-0.39, 0.29) is 10.9 Å². The van der Waals surface area contributed by atoms with Crippen LogP contribution in [-0.2, 0) is 10.8 Å². The van der Waals surface area contributed by atoms with Gasteiger partial charge in [-0.2, -0.15) is 0 Å². The van der Waals surface area contributed by atoms with Crippen molar-refractivity contribution in [3.8, 4) is 0 Å². The molecule has 2 rings (SSSR count). The molecule has 3 nitrogen and oxygen atoms in total. The van der Waals surface area contributed by atoms with Gasteiger partial charge in [0.15, 0.2) is 0 Å². The lowest BCUT2D eigenvalue weighted by molar-refractivity contribution is 0.102. The Labute approximate surface area is 129 Å². The molecule has 0 saturated heterocycles. The smallest absolute Gasteiger partial charge is 0.257 e. The number of anilines is 1. The molecule has 0 aliphatic heterocycles. The van der Waals surface area contributed by atoms with Gasteiger partial charge in [0.2, 0.25) is 0 Å². The van der Waals surface area contributed by atoms with E-state index in [9.17, 15) is 9.00 Å². The highest BCUT2D eigenvalue weighted by atomic mass is 35.5. The number of halogens is 2. The minimum atomic E-state index is -1.11. The van der Waals surface area contributed by atoms with Gasteiger partial charge in [-0.1, -0.05) is 35.3 Å². The van der Waals surface area contributed by atoms with Gasteiger partial charge in [0, 0.05) is 27.6 Å². The van der Waals surface area contributed by atoms with Crippen molar-refractivity contribution < 1.29 is 9.00 Å². The number of rotatable bonds is 3. The summed E-state index contributed by atoms with van der Waals surface area (Å²) in [6, 6.07) is 11.7. The molecule has 1 amide bonds. The molecule has 1 N–H and O–H groups in total. The zero-order chi connectivity index (χ0) is 14.7. The van der Waals surface area contributed by atoms with Gasteiger partial charge in [-0.05, 0) is 30.3 Å². The van der Waals surface area contributed by atoms with Gasteiger partial charge in [-0.3, -0.25) is 9.00 Å². The van der Waals surface area contributed by atoms with Gasteiger partial charge in [0.05, 0.1) is 15.6 Å². The van der Waals surface area contributed by atoms with Crippen LogP contribution in [0, 0.1) is 0 Å². The van der Waals surface area contributed by atoms with Gasteiger partial charge in [0.1, 0.15) is 0 Å². The number of hydrogen-bond donors (Lipinski definition) is 1. The fraction of sp³-hybridized carbons (Fsp3) is 0.0714. The fourth-order valence-electron chi connectivity index (χ4n) is 1.63. The third-order valence-electron chi connectivity index (χ3n) is 2.62. The third kappa shape index (κ3) is 3.39. The molecule has 104 valence electrons. The van der Waals surface area contributed by atoms with Crippen molar-refractivity contribution in [3.05, 3.63) is 58.1 Å². The molecule has 0 bridgehead atoms. The second kappa shape index (κ2) is 6.39. The first-order valence-electron chi connectivity index (χ1n) is 5.68. The van der Waals surface area contributed by atoms with Crippen molar-refractivity contribution in [2.24, 2.45) is 0 Å². The molecule has 20 heavy (non-hydrogen) atoms. The van der Waals surface area contributed by atoms with E-state index in [4.69, 9.17) is 23.2 Å². The van der Waals surface area contributed by atoms with Crippen LogP contribution in [-0.4, -0.2) is 16.4 Å². The number of amides is 1. The molecule has 0 saturated carbocycles. The first-order valence-corrected chi connectivity index (χ1v) is 7.99. The molecule has 2 aromatic rings. The Morgan fingerprint density at radius 1 is 1.15 bits per heavy atom. The van der Waals surface area contributed by atoms with Crippen LogP contribution in [0.15, 0.2) is 47.4 Å². The Hall–Kier alpha value is -1.36. The molecule has 1 unspecified atom stereocenters. The van der Waals surface area contributed by atoms with E-state index in [2.05, 4.69) is 5.32 Å². The van der Waals surface area contributed by atoms with E-state index in [1.165, 1.54) is 0 Å². The lowest BCUT2D eigenvalue weighted by Crippen LogP contribution is -2.12. The molecule has 0 fully saturated rings. The standard InChI is InChI=1S/C14H11Cl2NO2S/c1-20(19)10-5-2-4-9(8-10)17-14(18)11-6-3-7-12(15)13(11)16/h2-8H,1H3,(H,17,18). The zero-order valence-corrected chi connectivity index (χ0v) is 12.9. The molecule has 0 spiro atoms. The summed E-state index contributed by atoms with van der Waals surface area (Å²) in [6.45, 7) is 0. The molecular formula is C14H11Cl2NO2S. The van der Waals surface area contributed by atoms with Crippen LogP contribution >= 0.6 is 23.2 Å². The summed E-state index contributed by atoms with van der Waals surface area (Å²) < 4.78 is 11.4. The summed E-state index contributed by atoms with van der Waals surface area (Å²) in [4.78, 5) is 12.8. The van der Waals surface area contributed by atoms with Crippen LogP contribution < -0.4 is 5.32 Å². The third-order valence-corrected chi connectivity index (χ3v) is 4.36. The minimum Gasteiger partial charge on any atom is -0.322 e. The van der Waals surface area contributed by atoms with Crippen LogP contribution in [0.1, 0.15) is 10.4 Å². The lowest BCUT2D eigenvalue weighted by atomic mass is 10.2. The summed E-state index contributed by atoms with van der Waals surface area (Å²) in [6.07, 6.45) is 1.58. The maximum Gasteiger partial charge on any atom is 0.257 e. The molecule has 0 aliphatic carbocycles. The first kappa shape index (κ1) is 15.0. The maximum absolute atomic E-state index is 12.1. The largest absolute Gasteiger partial charge is 0.322 e. The van der Waals surface area contributed by atoms with Crippen molar-refractivity contribution in [1.29, 1.82) is 0 Å². The zero-order valence-electron chi connectivity index (χ0n) is 10.5. The van der Waals surface area contributed by atoms with Crippen LogP contribution in [0.4, 0.5) is 5.69 Å². The van der Waals surface area contributed by atoms with Crippen LogP contribution in [0.2, 0.25) is 10.0 Å². The maximum atomic E-state index is 12.1. The van der Waals surface area contributed by atoms with Crippen molar-refractivity contribution in [3.63, 3.8) is 0 Å². The second-order valence-corrected chi connectivity index (χ2v) is 6.20. The van der Waals surface area contributed by atoms with Gasteiger partial charge >= 0.3 is 0 Å². The molecule has 1 atom stereocenters. The van der Waals surface area contributed by atoms with E-state index in [1.54, 1.807) is 48.7 Å². The summed E-state index contributed by atoms with van der Waals surface area (Å²) in [7, 11) is -1.11. The Morgan fingerprint density at radius 2 is 1.85 bits per heavy atom. The van der Waals surface area contributed by atoms with E-state index in [0.717, 1.165) is 0 Å². The number of benzene rings is 2. The Bertz CT molecular complexity index is 689. The quantitative estimate of drug-likeness (QED) is 0.926. The molecular weight excluding hydrogens is 317 g/mol. The summed E-state index contributed by atoms with van der Waals surface area (Å²) in [5.74, 6) is -0.364. The molecule has 2 aromatic carbocycles. The van der Waals surface area contributed by atoms with Crippen LogP contribution in [0.5, 0.6) is 0 Å². The van der Waals surface area contributed by atoms with Crippen molar-refractivity contribution in [2.75, 3.05) is 11.6 Å². The highest BCUT2D eigenvalue weighted by molar-refractivity contribution is 7.84. The Kier molecular flexibility index (Phi) is 4.81. The Balaban J connectivity index is 2.26. The second-order valence-electron chi connectivity index (χ2n) is 4.04. The van der Waals surface area contributed by atoms with Gasteiger partial charge < -0.3 is 5.32 Å². The highest BCUT2D eigenvalue weighted by Gasteiger charge is 2.13. The van der Waals surface area contributed by atoms with E-state index < -0.39 is 10.8 Å². The van der Waals surface area contributed by atoms with Crippen LogP contribution in [0.25, 0.3) is 0 Å². The highest BCUT2D eigenvalue weighted by Crippen LogP contribution is 2.26. The van der Waals surface area contributed by atoms with E-state index in [1.807, 2.05) is 0 Å². The minimum absolute atomic E-state index is 0.210. The lowest BCUT2D eigenvalue weighted by Gasteiger charge is -2.08.